The molecule has 0 spiro atoms. The number of hydrogen-bond acceptors (Lipinski definition) is 8. The van der Waals surface area contributed by atoms with Gasteiger partial charge in [-0.15, -0.1) is 0 Å². The molecule has 4 rings (SSSR count). The maximum absolute atomic E-state index is 9.30. The van der Waals surface area contributed by atoms with E-state index in [4.69, 9.17) is 4.74 Å². The van der Waals surface area contributed by atoms with Crippen LogP contribution in [-0.4, -0.2) is 33.1 Å². The minimum absolute atomic E-state index is 0.432. The number of nitriles is 1. The molecule has 3 heterocycles. The first-order valence-electron chi connectivity index (χ1n) is 8.84. The molecule has 144 valence electrons. The van der Waals surface area contributed by atoms with Gasteiger partial charge in [0.2, 0.25) is 5.95 Å². The number of imidazole rings is 1. The quantitative estimate of drug-likeness (QED) is 0.381. The molecule has 0 atom stereocenters. The Kier molecular flexibility index (Phi) is 5.64. The predicted molar refractivity (Wildman–Crippen MR) is 112 cm³/mol. The Balaban J connectivity index is 1.36. The van der Waals surface area contributed by atoms with Crippen molar-refractivity contribution in [2.45, 2.75) is 0 Å². The maximum Gasteiger partial charge on any atom is 0.227 e. The summed E-state index contributed by atoms with van der Waals surface area (Å²) in [7, 11) is 0. The van der Waals surface area contributed by atoms with Crippen LogP contribution in [0.3, 0.4) is 0 Å². The van der Waals surface area contributed by atoms with Crippen LogP contribution in [0.5, 0.6) is 5.75 Å². The van der Waals surface area contributed by atoms with E-state index in [0.717, 1.165) is 22.9 Å². The van der Waals surface area contributed by atoms with Crippen LogP contribution in [0, 0.1) is 11.3 Å². The molecule has 9 heteroatoms. The number of aromatic nitrogens is 4. The summed E-state index contributed by atoms with van der Waals surface area (Å²) in [5.41, 5.74) is 2.80. The molecule has 3 aromatic heterocycles. The van der Waals surface area contributed by atoms with E-state index in [0.29, 0.717) is 30.4 Å². The molecule has 1 aromatic carbocycles. The van der Waals surface area contributed by atoms with E-state index in [1.54, 1.807) is 23.7 Å². The smallest absolute Gasteiger partial charge is 0.227 e. The molecule has 8 nitrogen and oxygen atoms in total. The molecule has 0 saturated heterocycles. The number of H-pyrrole nitrogens is 1. The first kappa shape index (κ1) is 18.5. The number of benzene rings is 1. The number of hydrogen-bond donors (Lipinski definition) is 3. The van der Waals surface area contributed by atoms with Gasteiger partial charge in [0.25, 0.3) is 0 Å². The molecule has 0 saturated carbocycles. The van der Waals surface area contributed by atoms with Gasteiger partial charge in [-0.25, -0.2) is 15.0 Å². The maximum atomic E-state index is 9.30. The van der Waals surface area contributed by atoms with Crippen LogP contribution >= 0.6 is 11.3 Å². The second kappa shape index (κ2) is 8.86. The van der Waals surface area contributed by atoms with Crippen molar-refractivity contribution < 1.29 is 4.74 Å². The zero-order chi connectivity index (χ0) is 19.9. The van der Waals surface area contributed by atoms with E-state index in [9.17, 15) is 5.26 Å². The normalized spacial score (nSPS) is 10.3. The largest absolute Gasteiger partial charge is 0.492 e. The highest BCUT2D eigenvalue weighted by molar-refractivity contribution is 7.08. The van der Waals surface area contributed by atoms with Crippen molar-refractivity contribution in [2.24, 2.45) is 0 Å². The van der Waals surface area contributed by atoms with Gasteiger partial charge in [-0.2, -0.15) is 16.6 Å². The van der Waals surface area contributed by atoms with Crippen molar-refractivity contribution in [3.05, 3.63) is 65.2 Å². The number of ether oxygens (including phenoxy) is 1. The van der Waals surface area contributed by atoms with Gasteiger partial charge in [-0.05, 0) is 35.7 Å². The van der Waals surface area contributed by atoms with Crippen LogP contribution < -0.4 is 15.4 Å². The minimum Gasteiger partial charge on any atom is -0.492 e. The third-order valence-corrected chi connectivity index (χ3v) is 4.66. The molecule has 0 aliphatic heterocycles. The molecule has 0 aliphatic carbocycles. The first-order chi connectivity index (χ1) is 14.3. The molecule has 29 heavy (non-hydrogen) atoms. The van der Waals surface area contributed by atoms with Gasteiger partial charge in [0.15, 0.2) is 5.95 Å². The Bertz CT molecular complexity index is 1090. The number of aromatic amines is 1. The first-order valence-corrected chi connectivity index (χ1v) is 9.79. The Morgan fingerprint density at radius 3 is 2.79 bits per heavy atom. The summed E-state index contributed by atoms with van der Waals surface area (Å²) in [6.45, 7) is 1.15. The second-order valence-corrected chi connectivity index (χ2v) is 6.72. The van der Waals surface area contributed by atoms with E-state index in [1.165, 1.54) is 6.20 Å². The van der Waals surface area contributed by atoms with E-state index < -0.39 is 0 Å². The van der Waals surface area contributed by atoms with Crippen molar-refractivity contribution >= 4 is 28.9 Å². The summed E-state index contributed by atoms with van der Waals surface area (Å²) in [5, 5.41) is 19.5. The number of nitrogens with one attached hydrogen (secondary N) is 3. The lowest BCUT2D eigenvalue weighted by Gasteiger charge is -2.09. The van der Waals surface area contributed by atoms with Crippen LogP contribution in [0.4, 0.5) is 17.6 Å². The zero-order valence-electron chi connectivity index (χ0n) is 15.3. The van der Waals surface area contributed by atoms with Gasteiger partial charge in [0.05, 0.1) is 24.0 Å². The molecule has 0 amide bonds. The van der Waals surface area contributed by atoms with E-state index in [2.05, 4.69) is 36.6 Å². The van der Waals surface area contributed by atoms with Gasteiger partial charge in [0, 0.05) is 29.0 Å². The van der Waals surface area contributed by atoms with Crippen LogP contribution in [-0.2, 0) is 0 Å². The molecule has 0 bridgehead atoms. The van der Waals surface area contributed by atoms with Crippen LogP contribution in [0.1, 0.15) is 5.56 Å². The fourth-order valence-electron chi connectivity index (χ4n) is 2.61. The highest BCUT2D eigenvalue weighted by Crippen LogP contribution is 2.25. The Hall–Kier alpha value is -3.90. The fraction of sp³-hybridized carbons (Fsp3) is 0.100. The number of anilines is 3. The standard InChI is InChI=1S/C20H17N7OS/c21-11-15-12-25-20(27-18(15)14-5-10-29-13-14)26-16-1-3-17(4-2-16)28-9-8-24-19-22-6-7-23-19/h1-7,10,12-13H,8-9H2,(H2,22,23,24)(H,25,26,27). The SMILES string of the molecule is N#Cc1cnc(Nc2ccc(OCCNc3ncc[nH]3)cc2)nc1-c1ccsc1. The molecule has 3 N–H and O–H groups in total. The van der Waals surface area contributed by atoms with Crippen LogP contribution in [0.2, 0.25) is 0 Å². The van der Waals surface area contributed by atoms with E-state index in [1.807, 2.05) is 41.1 Å². The van der Waals surface area contributed by atoms with Crippen LogP contribution in [0.15, 0.2) is 59.7 Å². The molecule has 0 aliphatic rings. The number of rotatable bonds is 8. The van der Waals surface area contributed by atoms with Crippen molar-refractivity contribution in [3.8, 4) is 23.1 Å². The molecular formula is C20H17N7OS. The highest BCUT2D eigenvalue weighted by atomic mass is 32.1. The van der Waals surface area contributed by atoms with Crippen LogP contribution in [0.25, 0.3) is 11.3 Å². The monoisotopic (exact) mass is 403 g/mol. The summed E-state index contributed by atoms with van der Waals surface area (Å²) in [4.78, 5) is 15.8. The summed E-state index contributed by atoms with van der Waals surface area (Å²) in [6, 6.07) is 11.6. The van der Waals surface area contributed by atoms with Gasteiger partial charge >= 0.3 is 0 Å². The van der Waals surface area contributed by atoms with Gasteiger partial charge in [0.1, 0.15) is 18.4 Å². The summed E-state index contributed by atoms with van der Waals surface area (Å²) >= 11 is 1.56. The topological polar surface area (TPSA) is 112 Å². The third kappa shape index (κ3) is 4.69. The van der Waals surface area contributed by atoms with Crippen molar-refractivity contribution in [2.75, 3.05) is 23.8 Å². The molecule has 0 fully saturated rings. The lowest BCUT2D eigenvalue weighted by Crippen LogP contribution is -2.12. The number of nitrogens with zero attached hydrogens (tertiary/aromatic N) is 4. The molecule has 0 unspecified atom stereocenters. The number of thiophene rings is 1. The summed E-state index contributed by atoms with van der Waals surface area (Å²) in [5.74, 6) is 1.91. The summed E-state index contributed by atoms with van der Waals surface area (Å²) < 4.78 is 5.71. The third-order valence-electron chi connectivity index (χ3n) is 3.98. The Morgan fingerprint density at radius 2 is 2.07 bits per heavy atom. The second-order valence-electron chi connectivity index (χ2n) is 5.94. The molecular weight excluding hydrogens is 386 g/mol. The fourth-order valence-corrected chi connectivity index (χ4v) is 3.25. The van der Waals surface area contributed by atoms with Gasteiger partial charge in [-0.3, -0.25) is 0 Å². The minimum atomic E-state index is 0.432. The van der Waals surface area contributed by atoms with Crippen molar-refractivity contribution in [1.29, 1.82) is 5.26 Å². The van der Waals surface area contributed by atoms with Gasteiger partial charge < -0.3 is 20.4 Å². The average Bonchev–Trinajstić information content (AvgIpc) is 3.47. The average molecular weight is 403 g/mol. The lowest BCUT2D eigenvalue weighted by atomic mass is 10.1. The predicted octanol–water partition coefficient (Wildman–Crippen LogP) is 4.03. The zero-order valence-corrected chi connectivity index (χ0v) is 16.1. The molecule has 0 radical (unpaired) electrons. The lowest BCUT2D eigenvalue weighted by molar-refractivity contribution is 0.332. The summed E-state index contributed by atoms with van der Waals surface area (Å²) in [6.07, 6.45) is 4.98. The highest BCUT2D eigenvalue weighted by Gasteiger charge is 2.10. The van der Waals surface area contributed by atoms with E-state index in [-0.39, 0.29) is 0 Å². The van der Waals surface area contributed by atoms with Gasteiger partial charge in [-0.1, -0.05) is 0 Å². The van der Waals surface area contributed by atoms with Crippen molar-refractivity contribution in [3.63, 3.8) is 0 Å². The van der Waals surface area contributed by atoms with E-state index >= 15 is 0 Å². The van der Waals surface area contributed by atoms with Crippen molar-refractivity contribution in [1.82, 2.24) is 19.9 Å². The Labute approximate surface area is 171 Å². The molecule has 4 aromatic rings. The Morgan fingerprint density at radius 1 is 1.17 bits per heavy atom.